The lowest BCUT2D eigenvalue weighted by molar-refractivity contribution is -0.137. The van der Waals surface area contributed by atoms with Crippen LogP contribution in [0.5, 0.6) is 5.75 Å². The largest absolute Gasteiger partial charge is 0.494 e. The van der Waals surface area contributed by atoms with Crippen LogP contribution in [0.1, 0.15) is 19.0 Å². The lowest BCUT2D eigenvalue weighted by Gasteiger charge is -2.43. The molecule has 0 N–H and O–H groups in total. The number of ether oxygens (including phenoxy) is 3. The number of benzene rings is 1. The van der Waals surface area contributed by atoms with Crippen LogP contribution < -0.4 is 4.74 Å². The second-order valence-corrected chi connectivity index (χ2v) is 6.41. The highest BCUT2D eigenvalue weighted by atomic mass is 16.5. The van der Waals surface area contributed by atoms with Gasteiger partial charge in [0.15, 0.2) is 0 Å². The zero-order chi connectivity index (χ0) is 17.1. The molecule has 0 bridgehead atoms. The van der Waals surface area contributed by atoms with E-state index < -0.39 is 0 Å². The summed E-state index contributed by atoms with van der Waals surface area (Å²) in [6, 6.07) is 8.25. The van der Waals surface area contributed by atoms with Gasteiger partial charge < -0.3 is 18.6 Å². The Morgan fingerprint density at radius 1 is 1.24 bits per heavy atom. The number of hydrogen-bond acceptors (Lipinski definition) is 6. The molecule has 0 unspecified atom stereocenters. The van der Waals surface area contributed by atoms with Crippen molar-refractivity contribution in [3.05, 3.63) is 36.2 Å². The molecule has 2 saturated heterocycles. The van der Waals surface area contributed by atoms with Crippen molar-refractivity contribution in [2.45, 2.75) is 32.0 Å². The van der Waals surface area contributed by atoms with Crippen LogP contribution in [-0.4, -0.2) is 55.0 Å². The van der Waals surface area contributed by atoms with Crippen molar-refractivity contribution in [2.75, 3.05) is 33.0 Å². The van der Waals surface area contributed by atoms with Crippen LogP contribution in [0, 0.1) is 0 Å². The smallest absolute Gasteiger partial charge is 0.226 e. The van der Waals surface area contributed by atoms with Crippen molar-refractivity contribution < 1.29 is 18.6 Å². The summed E-state index contributed by atoms with van der Waals surface area (Å²) in [7, 11) is 0. The van der Waals surface area contributed by atoms with Gasteiger partial charge in [-0.25, -0.2) is 4.98 Å². The molecule has 2 aliphatic rings. The molecule has 25 heavy (non-hydrogen) atoms. The van der Waals surface area contributed by atoms with Crippen molar-refractivity contribution >= 4 is 0 Å². The van der Waals surface area contributed by atoms with Gasteiger partial charge in [-0.3, -0.25) is 4.90 Å². The molecule has 4 rings (SSSR count). The monoisotopic (exact) mass is 344 g/mol. The zero-order valence-corrected chi connectivity index (χ0v) is 14.5. The Balaban J connectivity index is 1.44. The first-order chi connectivity index (χ1) is 12.3. The highest BCUT2D eigenvalue weighted by molar-refractivity contribution is 5.54. The molecule has 2 fully saturated rings. The molecule has 6 heteroatoms. The Morgan fingerprint density at radius 2 is 2.12 bits per heavy atom. The lowest BCUT2D eigenvalue weighted by atomic mass is 10.0. The standard InChI is InChI=1S/C19H24N2O4/c1-2-23-16-5-3-14(4-6-16)19-20-15(12-25-19)11-21-8-10-24-18-13-22-9-7-17(18)21/h3-6,12,17-18H,2,7-11,13H2,1H3/t17-,18+/m1/s1. The Morgan fingerprint density at radius 3 is 2.96 bits per heavy atom. The molecule has 1 aromatic carbocycles. The third-order valence-electron chi connectivity index (χ3n) is 4.78. The van der Waals surface area contributed by atoms with Gasteiger partial charge >= 0.3 is 0 Å². The summed E-state index contributed by atoms with van der Waals surface area (Å²) in [6.45, 7) is 6.58. The summed E-state index contributed by atoms with van der Waals surface area (Å²) < 4.78 is 22.5. The van der Waals surface area contributed by atoms with Crippen LogP contribution in [0.25, 0.3) is 11.5 Å². The first-order valence-electron chi connectivity index (χ1n) is 8.94. The molecule has 1 aromatic heterocycles. The summed E-state index contributed by atoms with van der Waals surface area (Å²) >= 11 is 0. The highest BCUT2D eigenvalue weighted by Crippen LogP contribution is 2.25. The van der Waals surface area contributed by atoms with Crippen LogP contribution in [0.15, 0.2) is 34.9 Å². The van der Waals surface area contributed by atoms with Crippen LogP contribution >= 0.6 is 0 Å². The molecule has 134 valence electrons. The predicted octanol–water partition coefficient (Wildman–Crippen LogP) is 2.73. The Bertz CT molecular complexity index is 683. The Labute approximate surface area is 147 Å². The van der Waals surface area contributed by atoms with E-state index >= 15 is 0 Å². The van der Waals surface area contributed by atoms with Gasteiger partial charge in [0.1, 0.15) is 12.0 Å². The van der Waals surface area contributed by atoms with E-state index in [1.54, 1.807) is 6.26 Å². The number of morpholine rings is 1. The maximum Gasteiger partial charge on any atom is 0.226 e. The average Bonchev–Trinajstić information content (AvgIpc) is 3.12. The van der Waals surface area contributed by atoms with Crippen LogP contribution in [-0.2, 0) is 16.0 Å². The molecule has 0 saturated carbocycles. The molecule has 3 heterocycles. The Kier molecular flexibility index (Phi) is 5.01. The fourth-order valence-electron chi connectivity index (χ4n) is 3.54. The van der Waals surface area contributed by atoms with Crippen LogP contribution in [0.4, 0.5) is 0 Å². The Hall–Kier alpha value is -1.89. The minimum absolute atomic E-state index is 0.181. The summed E-state index contributed by atoms with van der Waals surface area (Å²) in [5.74, 6) is 1.51. The second-order valence-electron chi connectivity index (χ2n) is 6.41. The zero-order valence-electron chi connectivity index (χ0n) is 14.5. The number of nitrogens with zero attached hydrogens (tertiary/aromatic N) is 2. The number of rotatable bonds is 5. The second kappa shape index (κ2) is 7.56. The number of fused-ring (bicyclic) bond motifs is 1. The lowest BCUT2D eigenvalue weighted by Crippen LogP contribution is -2.55. The summed E-state index contributed by atoms with van der Waals surface area (Å²) in [4.78, 5) is 7.11. The number of oxazole rings is 1. The van der Waals surface area contributed by atoms with Gasteiger partial charge in [-0.2, -0.15) is 0 Å². The van der Waals surface area contributed by atoms with Crippen LogP contribution in [0.3, 0.4) is 0 Å². The van der Waals surface area contributed by atoms with Gasteiger partial charge in [0.25, 0.3) is 0 Å². The van der Waals surface area contributed by atoms with E-state index in [4.69, 9.17) is 18.6 Å². The molecule has 2 aliphatic heterocycles. The molecule has 6 nitrogen and oxygen atoms in total. The molecule has 0 spiro atoms. The van der Waals surface area contributed by atoms with Crippen molar-refractivity contribution in [1.82, 2.24) is 9.88 Å². The van der Waals surface area contributed by atoms with E-state index in [1.807, 2.05) is 31.2 Å². The van der Waals surface area contributed by atoms with E-state index in [-0.39, 0.29) is 6.10 Å². The third-order valence-corrected chi connectivity index (χ3v) is 4.78. The fraction of sp³-hybridized carbons (Fsp3) is 0.526. The van der Waals surface area contributed by atoms with Gasteiger partial charge in [-0.05, 0) is 37.6 Å². The van der Waals surface area contributed by atoms with Crippen molar-refractivity contribution in [2.24, 2.45) is 0 Å². The molecule has 0 radical (unpaired) electrons. The molecular formula is C19H24N2O4. The van der Waals surface area contributed by atoms with Gasteiger partial charge in [0, 0.05) is 31.3 Å². The van der Waals surface area contributed by atoms with E-state index in [9.17, 15) is 0 Å². The van der Waals surface area contributed by atoms with Crippen LogP contribution in [0.2, 0.25) is 0 Å². The molecule has 0 amide bonds. The number of hydrogen-bond donors (Lipinski definition) is 0. The first kappa shape index (κ1) is 16.6. The summed E-state index contributed by atoms with van der Waals surface area (Å²) in [5.41, 5.74) is 1.91. The minimum Gasteiger partial charge on any atom is -0.494 e. The van der Waals surface area contributed by atoms with Gasteiger partial charge in [-0.15, -0.1) is 0 Å². The molecule has 2 aromatic rings. The van der Waals surface area contributed by atoms with E-state index in [0.717, 1.165) is 49.7 Å². The van der Waals surface area contributed by atoms with E-state index in [0.29, 0.717) is 25.1 Å². The number of aromatic nitrogens is 1. The van der Waals surface area contributed by atoms with E-state index in [2.05, 4.69) is 9.88 Å². The fourth-order valence-corrected chi connectivity index (χ4v) is 3.54. The quantitative estimate of drug-likeness (QED) is 0.831. The SMILES string of the molecule is CCOc1ccc(-c2nc(CN3CCO[C@H]4COCC[C@H]43)co2)cc1. The van der Waals surface area contributed by atoms with E-state index in [1.165, 1.54) is 0 Å². The molecule has 2 atom stereocenters. The van der Waals surface area contributed by atoms with Gasteiger partial charge in [0.05, 0.1) is 31.6 Å². The topological polar surface area (TPSA) is 57.0 Å². The minimum atomic E-state index is 0.181. The van der Waals surface area contributed by atoms with Crippen molar-refractivity contribution in [1.29, 1.82) is 0 Å². The first-order valence-corrected chi connectivity index (χ1v) is 8.94. The summed E-state index contributed by atoms with van der Waals surface area (Å²) in [6.07, 6.45) is 2.95. The average molecular weight is 344 g/mol. The van der Waals surface area contributed by atoms with Crippen molar-refractivity contribution in [3.63, 3.8) is 0 Å². The third kappa shape index (κ3) is 3.71. The maximum absolute atomic E-state index is 5.83. The maximum atomic E-state index is 5.83. The van der Waals surface area contributed by atoms with Crippen molar-refractivity contribution in [3.8, 4) is 17.2 Å². The molecular weight excluding hydrogens is 320 g/mol. The predicted molar refractivity (Wildman–Crippen MR) is 92.5 cm³/mol. The summed E-state index contributed by atoms with van der Waals surface area (Å²) in [5, 5.41) is 0. The van der Waals surface area contributed by atoms with Gasteiger partial charge in [-0.1, -0.05) is 0 Å². The normalized spacial score (nSPS) is 24.0. The highest BCUT2D eigenvalue weighted by Gasteiger charge is 2.35. The van der Waals surface area contributed by atoms with Gasteiger partial charge in [0.2, 0.25) is 5.89 Å². The molecule has 0 aliphatic carbocycles.